The standard InChI is InChI=1S/C14H18BrNO/c1-10(2)16(8-11-3-4-11)14-6-5-13(15)7-12(14)9-17/h5-7,9-11H,3-4,8H2,1-2H3. The van der Waals surface area contributed by atoms with E-state index in [1.165, 1.54) is 12.8 Å². The lowest BCUT2D eigenvalue weighted by Gasteiger charge is -2.30. The average Bonchev–Trinajstić information content (AvgIpc) is 3.09. The van der Waals surface area contributed by atoms with E-state index in [2.05, 4.69) is 34.7 Å². The molecule has 0 N–H and O–H groups in total. The molecule has 0 spiro atoms. The quantitative estimate of drug-likeness (QED) is 0.768. The van der Waals surface area contributed by atoms with Gasteiger partial charge in [0.05, 0.1) is 0 Å². The first kappa shape index (κ1) is 12.6. The van der Waals surface area contributed by atoms with E-state index in [9.17, 15) is 4.79 Å². The highest BCUT2D eigenvalue weighted by Gasteiger charge is 2.26. The number of hydrogen-bond acceptors (Lipinski definition) is 2. The fourth-order valence-corrected chi connectivity index (χ4v) is 2.43. The molecule has 2 nitrogen and oxygen atoms in total. The molecule has 17 heavy (non-hydrogen) atoms. The number of hydrogen-bond donors (Lipinski definition) is 0. The average molecular weight is 296 g/mol. The largest absolute Gasteiger partial charge is 0.368 e. The summed E-state index contributed by atoms with van der Waals surface area (Å²) >= 11 is 3.41. The summed E-state index contributed by atoms with van der Waals surface area (Å²) in [6, 6.07) is 6.36. The topological polar surface area (TPSA) is 20.3 Å². The smallest absolute Gasteiger partial charge is 0.152 e. The van der Waals surface area contributed by atoms with E-state index in [4.69, 9.17) is 0 Å². The van der Waals surface area contributed by atoms with Crippen molar-refractivity contribution >= 4 is 27.9 Å². The van der Waals surface area contributed by atoms with Crippen molar-refractivity contribution < 1.29 is 4.79 Å². The van der Waals surface area contributed by atoms with Gasteiger partial charge in [-0.25, -0.2) is 0 Å². The van der Waals surface area contributed by atoms with E-state index in [0.717, 1.165) is 34.5 Å². The van der Waals surface area contributed by atoms with Crippen molar-refractivity contribution in [1.82, 2.24) is 0 Å². The first-order valence-electron chi connectivity index (χ1n) is 6.13. The molecule has 3 heteroatoms. The zero-order chi connectivity index (χ0) is 12.4. The molecule has 0 unspecified atom stereocenters. The van der Waals surface area contributed by atoms with Crippen LogP contribution >= 0.6 is 15.9 Å². The van der Waals surface area contributed by atoms with Crippen molar-refractivity contribution in [2.24, 2.45) is 5.92 Å². The maximum Gasteiger partial charge on any atom is 0.152 e. The van der Waals surface area contributed by atoms with Crippen LogP contribution in [0.1, 0.15) is 37.0 Å². The summed E-state index contributed by atoms with van der Waals surface area (Å²) < 4.78 is 0.957. The van der Waals surface area contributed by atoms with Gasteiger partial charge < -0.3 is 4.90 Å². The van der Waals surface area contributed by atoms with Crippen LogP contribution in [0.2, 0.25) is 0 Å². The Morgan fingerprint density at radius 3 is 2.71 bits per heavy atom. The minimum Gasteiger partial charge on any atom is -0.368 e. The number of benzene rings is 1. The van der Waals surface area contributed by atoms with Crippen LogP contribution in [0.15, 0.2) is 22.7 Å². The summed E-state index contributed by atoms with van der Waals surface area (Å²) in [5.41, 5.74) is 1.83. The minimum atomic E-state index is 0.426. The lowest BCUT2D eigenvalue weighted by molar-refractivity contribution is 0.112. The summed E-state index contributed by atoms with van der Waals surface area (Å²) in [7, 11) is 0. The third-order valence-corrected chi connectivity index (χ3v) is 3.69. The molecule has 92 valence electrons. The van der Waals surface area contributed by atoms with Crippen LogP contribution in [0.25, 0.3) is 0 Å². The Morgan fingerprint density at radius 1 is 1.47 bits per heavy atom. The van der Waals surface area contributed by atoms with Gasteiger partial charge in [-0.3, -0.25) is 4.79 Å². The lowest BCUT2D eigenvalue weighted by atomic mass is 10.1. The Morgan fingerprint density at radius 2 is 2.18 bits per heavy atom. The maximum absolute atomic E-state index is 11.2. The Kier molecular flexibility index (Phi) is 3.87. The highest BCUT2D eigenvalue weighted by molar-refractivity contribution is 9.10. The zero-order valence-electron chi connectivity index (χ0n) is 10.3. The molecule has 0 bridgehead atoms. The van der Waals surface area contributed by atoms with Crippen molar-refractivity contribution in [2.45, 2.75) is 32.7 Å². The molecule has 1 fully saturated rings. The number of aldehydes is 1. The van der Waals surface area contributed by atoms with E-state index in [0.29, 0.717) is 6.04 Å². The van der Waals surface area contributed by atoms with Crippen LogP contribution in [0.4, 0.5) is 5.69 Å². The van der Waals surface area contributed by atoms with E-state index < -0.39 is 0 Å². The Hall–Kier alpha value is -0.830. The van der Waals surface area contributed by atoms with Crippen molar-refractivity contribution in [3.05, 3.63) is 28.2 Å². The minimum absolute atomic E-state index is 0.426. The van der Waals surface area contributed by atoms with Crippen LogP contribution in [-0.4, -0.2) is 18.9 Å². The summed E-state index contributed by atoms with van der Waals surface area (Å²) in [5, 5.41) is 0. The molecule has 0 aromatic heterocycles. The van der Waals surface area contributed by atoms with Crippen molar-refractivity contribution in [3.8, 4) is 0 Å². The van der Waals surface area contributed by atoms with Crippen LogP contribution in [-0.2, 0) is 0 Å². The molecule has 0 heterocycles. The molecule has 0 radical (unpaired) electrons. The Bertz CT molecular complexity index is 413. The number of halogens is 1. The van der Waals surface area contributed by atoms with Gasteiger partial charge in [0, 0.05) is 28.3 Å². The number of anilines is 1. The van der Waals surface area contributed by atoms with Gasteiger partial charge in [0.2, 0.25) is 0 Å². The molecule has 1 aromatic rings. The normalized spacial score (nSPS) is 15.1. The maximum atomic E-state index is 11.2. The van der Waals surface area contributed by atoms with E-state index in [1.54, 1.807) is 0 Å². The van der Waals surface area contributed by atoms with Gasteiger partial charge in [-0.15, -0.1) is 0 Å². The molecule has 0 saturated heterocycles. The van der Waals surface area contributed by atoms with Crippen LogP contribution in [0.5, 0.6) is 0 Å². The molecule has 2 rings (SSSR count). The summed E-state index contributed by atoms with van der Waals surface area (Å²) in [4.78, 5) is 13.5. The fourth-order valence-electron chi connectivity index (χ4n) is 2.05. The molecule has 1 saturated carbocycles. The van der Waals surface area contributed by atoms with E-state index in [-0.39, 0.29) is 0 Å². The summed E-state index contributed by atoms with van der Waals surface area (Å²) in [6.45, 7) is 5.43. The lowest BCUT2D eigenvalue weighted by Crippen LogP contribution is -2.33. The first-order chi connectivity index (χ1) is 8.11. The summed E-state index contributed by atoms with van der Waals surface area (Å²) in [5.74, 6) is 0.820. The number of carbonyl (C=O) groups is 1. The number of nitrogens with zero attached hydrogens (tertiary/aromatic N) is 1. The van der Waals surface area contributed by atoms with Crippen molar-refractivity contribution in [1.29, 1.82) is 0 Å². The monoisotopic (exact) mass is 295 g/mol. The highest BCUT2D eigenvalue weighted by atomic mass is 79.9. The van der Waals surface area contributed by atoms with Gasteiger partial charge >= 0.3 is 0 Å². The number of carbonyl (C=O) groups excluding carboxylic acids is 1. The summed E-state index contributed by atoms with van der Waals surface area (Å²) in [6.07, 6.45) is 3.61. The van der Waals surface area contributed by atoms with E-state index >= 15 is 0 Å². The van der Waals surface area contributed by atoms with Crippen molar-refractivity contribution in [3.63, 3.8) is 0 Å². The zero-order valence-corrected chi connectivity index (χ0v) is 11.9. The van der Waals surface area contributed by atoms with E-state index in [1.807, 2.05) is 18.2 Å². The number of rotatable bonds is 5. The van der Waals surface area contributed by atoms with Gasteiger partial charge in [-0.2, -0.15) is 0 Å². The SMILES string of the molecule is CC(C)N(CC1CC1)c1ccc(Br)cc1C=O. The van der Waals surface area contributed by atoms with Crippen LogP contribution in [0, 0.1) is 5.92 Å². The molecule has 1 aromatic carbocycles. The second-order valence-electron chi connectivity index (χ2n) is 5.01. The van der Waals surface area contributed by atoms with Crippen LogP contribution < -0.4 is 4.90 Å². The molecule has 1 aliphatic rings. The molecule has 0 aliphatic heterocycles. The molecule has 0 atom stereocenters. The molecule has 0 amide bonds. The first-order valence-corrected chi connectivity index (χ1v) is 6.92. The highest BCUT2D eigenvalue weighted by Crippen LogP contribution is 2.33. The molecular weight excluding hydrogens is 278 g/mol. The van der Waals surface area contributed by atoms with Crippen molar-refractivity contribution in [2.75, 3.05) is 11.4 Å². The van der Waals surface area contributed by atoms with Gasteiger partial charge in [0.1, 0.15) is 0 Å². The molecular formula is C14H18BrNO. The fraction of sp³-hybridized carbons (Fsp3) is 0.500. The van der Waals surface area contributed by atoms with Gasteiger partial charge in [-0.1, -0.05) is 15.9 Å². The second-order valence-corrected chi connectivity index (χ2v) is 5.93. The Labute approximate surface area is 111 Å². The third-order valence-electron chi connectivity index (χ3n) is 3.20. The predicted octanol–water partition coefficient (Wildman–Crippen LogP) is 3.89. The van der Waals surface area contributed by atoms with Gasteiger partial charge in [0.25, 0.3) is 0 Å². The van der Waals surface area contributed by atoms with Gasteiger partial charge in [-0.05, 0) is 50.8 Å². The second kappa shape index (κ2) is 5.21. The molecule has 1 aliphatic carbocycles. The predicted molar refractivity (Wildman–Crippen MR) is 74.7 cm³/mol. The third kappa shape index (κ3) is 3.09. The Balaban J connectivity index is 2.30. The van der Waals surface area contributed by atoms with Crippen LogP contribution in [0.3, 0.4) is 0 Å². The van der Waals surface area contributed by atoms with Gasteiger partial charge in [0.15, 0.2) is 6.29 Å².